The van der Waals surface area contributed by atoms with Crippen LogP contribution >= 0.6 is 11.8 Å². The summed E-state index contributed by atoms with van der Waals surface area (Å²) in [6, 6.07) is 3.55. The number of hydrogen-bond acceptors (Lipinski definition) is 5. The van der Waals surface area contributed by atoms with E-state index in [1.165, 1.54) is 41.5 Å². The molecule has 8 heteroatoms. The number of aromatic nitrogens is 1. The van der Waals surface area contributed by atoms with E-state index >= 15 is 0 Å². The van der Waals surface area contributed by atoms with Gasteiger partial charge in [-0.3, -0.25) is 4.79 Å². The van der Waals surface area contributed by atoms with Crippen molar-refractivity contribution in [1.29, 1.82) is 0 Å². The van der Waals surface area contributed by atoms with Crippen molar-refractivity contribution in [3.63, 3.8) is 0 Å². The van der Waals surface area contributed by atoms with E-state index in [4.69, 9.17) is 0 Å². The predicted molar refractivity (Wildman–Crippen MR) is 103 cm³/mol. The van der Waals surface area contributed by atoms with E-state index in [9.17, 15) is 13.2 Å². The third-order valence-corrected chi connectivity index (χ3v) is 8.05. The largest absolute Gasteiger partial charge is 0.352 e. The first-order valence-electron chi connectivity index (χ1n) is 9.35. The lowest BCUT2D eigenvalue weighted by Crippen LogP contribution is -2.41. The van der Waals surface area contributed by atoms with Crippen molar-refractivity contribution >= 4 is 27.7 Å². The molecule has 3 rings (SSSR count). The minimum absolute atomic E-state index is 0.0179. The molecule has 2 aliphatic rings. The number of pyridine rings is 1. The highest BCUT2D eigenvalue weighted by atomic mass is 32.2. The fourth-order valence-electron chi connectivity index (χ4n) is 3.60. The molecule has 0 unspecified atom stereocenters. The fourth-order valence-corrected chi connectivity index (χ4v) is 5.72. The van der Waals surface area contributed by atoms with Gasteiger partial charge in [0.1, 0.15) is 4.90 Å². The maximum atomic E-state index is 12.5. The summed E-state index contributed by atoms with van der Waals surface area (Å²) in [5.41, 5.74) is 0. The van der Waals surface area contributed by atoms with Gasteiger partial charge < -0.3 is 5.32 Å². The number of amides is 1. The van der Waals surface area contributed by atoms with Crippen molar-refractivity contribution in [1.82, 2.24) is 14.6 Å². The Labute approximate surface area is 160 Å². The zero-order valence-corrected chi connectivity index (χ0v) is 16.8. The van der Waals surface area contributed by atoms with Crippen LogP contribution in [0.3, 0.4) is 0 Å². The van der Waals surface area contributed by atoms with Gasteiger partial charge in [-0.1, -0.05) is 31.5 Å². The van der Waals surface area contributed by atoms with Gasteiger partial charge in [0.2, 0.25) is 15.9 Å². The molecule has 1 aliphatic carbocycles. The highest BCUT2D eigenvalue weighted by molar-refractivity contribution is 7.99. The van der Waals surface area contributed by atoms with E-state index in [1.807, 2.05) is 0 Å². The lowest BCUT2D eigenvalue weighted by molar-refractivity contribution is -0.119. The molecule has 2 fully saturated rings. The van der Waals surface area contributed by atoms with E-state index in [0.29, 0.717) is 29.8 Å². The van der Waals surface area contributed by atoms with Crippen LogP contribution in [0, 0.1) is 5.92 Å². The molecule has 1 aliphatic heterocycles. The summed E-state index contributed by atoms with van der Waals surface area (Å²) in [5, 5.41) is 3.79. The first kappa shape index (κ1) is 19.6. The number of carbonyl (C=O) groups excluding carboxylic acids is 1. The normalized spacial score (nSPS) is 24.5. The van der Waals surface area contributed by atoms with Crippen molar-refractivity contribution in [2.24, 2.45) is 5.92 Å². The van der Waals surface area contributed by atoms with Gasteiger partial charge in [-0.05, 0) is 43.7 Å². The molecule has 2 atom stereocenters. The zero-order valence-electron chi connectivity index (χ0n) is 15.2. The zero-order chi connectivity index (χ0) is 18.6. The molecule has 1 saturated carbocycles. The van der Waals surface area contributed by atoms with E-state index in [0.717, 1.165) is 19.3 Å². The molecule has 144 valence electrons. The molecular weight excluding hydrogens is 370 g/mol. The predicted octanol–water partition coefficient (Wildman–Crippen LogP) is 2.65. The Bertz CT molecular complexity index is 716. The van der Waals surface area contributed by atoms with E-state index in [2.05, 4.69) is 17.2 Å². The number of nitrogens with one attached hydrogen (secondary N) is 1. The van der Waals surface area contributed by atoms with Crippen LogP contribution < -0.4 is 5.32 Å². The van der Waals surface area contributed by atoms with Gasteiger partial charge in [0, 0.05) is 25.3 Å². The molecule has 0 spiro atoms. The second kappa shape index (κ2) is 8.71. The van der Waals surface area contributed by atoms with Gasteiger partial charge in [-0.25, -0.2) is 13.4 Å². The summed E-state index contributed by atoms with van der Waals surface area (Å²) in [5.74, 6) is 0.851. The summed E-state index contributed by atoms with van der Waals surface area (Å²) in [6.07, 6.45) is 7.88. The lowest BCUT2D eigenvalue weighted by atomic mass is 9.86. The van der Waals surface area contributed by atoms with Crippen LogP contribution in [-0.4, -0.2) is 48.5 Å². The monoisotopic (exact) mass is 397 g/mol. The molecule has 26 heavy (non-hydrogen) atoms. The van der Waals surface area contributed by atoms with Gasteiger partial charge in [-0.15, -0.1) is 0 Å². The molecule has 0 bridgehead atoms. The number of sulfonamides is 1. The van der Waals surface area contributed by atoms with Crippen LogP contribution in [0.5, 0.6) is 0 Å². The van der Waals surface area contributed by atoms with Crippen molar-refractivity contribution in [2.45, 2.75) is 61.4 Å². The molecular formula is C18H27N3O3S2. The molecule has 0 aromatic carbocycles. The Balaban J connectivity index is 1.52. The lowest BCUT2D eigenvalue weighted by Gasteiger charge is -2.29. The molecule has 1 amide bonds. The van der Waals surface area contributed by atoms with Crippen LogP contribution in [0.1, 0.15) is 45.4 Å². The van der Waals surface area contributed by atoms with Gasteiger partial charge in [-0.2, -0.15) is 4.31 Å². The third-order valence-electron chi connectivity index (χ3n) is 5.22. The van der Waals surface area contributed by atoms with Crippen molar-refractivity contribution in [3.05, 3.63) is 18.3 Å². The van der Waals surface area contributed by atoms with Crippen molar-refractivity contribution in [2.75, 3.05) is 18.8 Å². The summed E-state index contributed by atoms with van der Waals surface area (Å²) >= 11 is 1.34. The van der Waals surface area contributed by atoms with Gasteiger partial charge in [0.15, 0.2) is 0 Å². The Morgan fingerprint density at radius 2 is 1.96 bits per heavy atom. The average molecular weight is 398 g/mol. The molecule has 1 N–H and O–H groups in total. The smallest absolute Gasteiger partial charge is 0.244 e. The number of thioether (sulfide) groups is 1. The first-order valence-corrected chi connectivity index (χ1v) is 11.8. The molecule has 6 nitrogen and oxygen atoms in total. The first-order chi connectivity index (χ1) is 12.5. The topological polar surface area (TPSA) is 79.4 Å². The van der Waals surface area contributed by atoms with Crippen LogP contribution in [0.25, 0.3) is 0 Å². The number of hydrogen-bond donors (Lipinski definition) is 1. The number of nitrogens with zero attached hydrogens (tertiary/aromatic N) is 2. The van der Waals surface area contributed by atoms with Crippen LogP contribution in [0.15, 0.2) is 28.3 Å². The highest BCUT2D eigenvalue weighted by Crippen LogP contribution is 2.25. The van der Waals surface area contributed by atoms with Crippen molar-refractivity contribution < 1.29 is 13.2 Å². The Morgan fingerprint density at radius 1 is 1.23 bits per heavy atom. The fraction of sp³-hybridized carbons (Fsp3) is 0.667. The van der Waals surface area contributed by atoms with E-state index in [1.54, 1.807) is 12.1 Å². The molecule has 2 heterocycles. The Kier molecular flexibility index (Phi) is 6.58. The van der Waals surface area contributed by atoms with Gasteiger partial charge in [0.05, 0.1) is 10.8 Å². The maximum Gasteiger partial charge on any atom is 0.244 e. The summed E-state index contributed by atoms with van der Waals surface area (Å²) in [4.78, 5) is 16.6. The van der Waals surface area contributed by atoms with E-state index in [-0.39, 0.29) is 16.8 Å². The van der Waals surface area contributed by atoms with Gasteiger partial charge in [0.25, 0.3) is 0 Å². The summed E-state index contributed by atoms with van der Waals surface area (Å²) < 4.78 is 26.5. The standard InChI is InChI=1S/C18H27N3O3S2/c1-14-6-2-3-7-16(14)20-17(22)13-25-18-9-8-15(12-19-18)26(23,24)21-10-4-5-11-21/h8-9,12,14,16H,2-7,10-11,13H2,1H3,(H,20,22)/t14-,16-/m0/s1. The van der Waals surface area contributed by atoms with Crippen LogP contribution in [-0.2, 0) is 14.8 Å². The molecule has 1 saturated heterocycles. The molecule has 0 radical (unpaired) electrons. The Hall–Kier alpha value is -1.12. The van der Waals surface area contributed by atoms with Crippen LogP contribution in [0.4, 0.5) is 0 Å². The van der Waals surface area contributed by atoms with Gasteiger partial charge >= 0.3 is 0 Å². The average Bonchev–Trinajstić information content (AvgIpc) is 3.18. The third kappa shape index (κ3) is 4.78. The quantitative estimate of drug-likeness (QED) is 0.747. The van der Waals surface area contributed by atoms with Crippen LogP contribution in [0.2, 0.25) is 0 Å². The summed E-state index contributed by atoms with van der Waals surface area (Å²) in [6.45, 7) is 3.36. The Morgan fingerprint density at radius 3 is 2.62 bits per heavy atom. The molecule has 1 aromatic rings. The van der Waals surface area contributed by atoms with Crippen molar-refractivity contribution in [3.8, 4) is 0 Å². The minimum Gasteiger partial charge on any atom is -0.352 e. The minimum atomic E-state index is -3.43. The second-order valence-corrected chi connectivity index (χ2v) is 10.1. The number of carbonyl (C=O) groups is 1. The summed E-state index contributed by atoms with van der Waals surface area (Å²) in [7, 11) is -3.43. The number of rotatable bonds is 6. The SMILES string of the molecule is C[C@H]1CCCC[C@@H]1NC(=O)CSc1ccc(S(=O)(=O)N2CCCC2)cn1. The highest BCUT2D eigenvalue weighted by Gasteiger charge is 2.27. The van der Waals surface area contributed by atoms with E-state index < -0.39 is 10.0 Å². The second-order valence-electron chi connectivity index (χ2n) is 7.17. The molecule has 1 aromatic heterocycles. The maximum absolute atomic E-state index is 12.5.